The lowest BCUT2D eigenvalue weighted by Crippen LogP contribution is -2.53. The molecule has 34 heavy (non-hydrogen) atoms. The zero-order valence-electron chi connectivity index (χ0n) is 19.2. The highest BCUT2D eigenvalue weighted by Crippen LogP contribution is 2.64. The molecule has 5 rings (SSSR count). The minimum atomic E-state index is -0.774. The van der Waals surface area contributed by atoms with Crippen molar-refractivity contribution in [3.05, 3.63) is 18.2 Å². The third-order valence-electron chi connectivity index (χ3n) is 7.70. The van der Waals surface area contributed by atoms with E-state index in [1.54, 1.807) is 23.1 Å². The van der Waals surface area contributed by atoms with Gasteiger partial charge in [0.15, 0.2) is 18.1 Å². The highest BCUT2D eigenvalue weighted by Gasteiger charge is 2.69. The minimum Gasteiger partial charge on any atom is -0.484 e. The summed E-state index contributed by atoms with van der Waals surface area (Å²) in [6, 6.07) is 3.63. The molecule has 182 valence electrons. The van der Waals surface area contributed by atoms with E-state index in [0.717, 1.165) is 0 Å². The molecule has 10 heteroatoms. The molecule has 0 radical (unpaired) electrons. The molecule has 3 heterocycles. The number of carbonyl (C=O) groups is 4. The molecule has 4 aliphatic rings. The molecule has 3 fully saturated rings. The van der Waals surface area contributed by atoms with E-state index in [9.17, 15) is 19.2 Å². The molecule has 1 unspecified atom stereocenters. The Bertz CT molecular complexity index is 1030. The summed E-state index contributed by atoms with van der Waals surface area (Å²) in [5.41, 5.74) is -0.0566. The fourth-order valence-electron chi connectivity index (χ4n) is 5.63. The topological polar surface area (TPSA) is 123 Å². The summed E-state index contributed by atoms with van der Waals surface area (Å²) < 4.78 is 16.3. The van der Waals surface area contributed by atoms with Gasteiger partial charge in [-0.2, -0.15) is 0 Å². The van der Waals surface area contributed by atoms with Gasteiger partial charge >= 0.3 is 0 Å². The van der Waals surface area contributed by atoms with E-state index in [2.05, 4.69) is 24.5 Å². The van der Waals surface area contributed by atoms with Crippen molar-refractivity contribution >= 4 is 24.0 Å². The number of carbonyl (C=O) groups excluding carboxylic acids is 4. The first-order valence-corrected chi connectivity index (χ1v) is 11.6. The highest BCUT2D eigenvalue weighted by molar-refractivity contribution is 5.91. The molecular formula is C24H29N3O7. The molecular weight excluding hydrogens is 442 g/mol. The van der Waals surface area contributed by atoms with Gasteiger partial charge in [0.2, 0.25) is 18.6 Å². The number of aldehydes is 1. The Morgan fingerprint density at radius 1 is 1.32 bits per heavy atom. The van der Waals surface area contributed by atoms with Gasteiger partial charge in [0, 0.05) is 25.1 Å². The lowest BCUT2D eigenvalue weighted by Gasteiger charge is -2.31. The molecule has 3 aliphatic heterocycles. The van der Waals surface area contributed by atoms with Gasteiger partial charge in [0.1, 0.15) is 18.1 Å². The fourth-order valence-corrected chi connectivity index (χ4v) is 5.63. The standard InChI is InChI=1S/C24H29N3O7/c1-24(2)16-9-27(19(29)11-32-15-3-4-17-18(8-15)34-12-33-17)21(20(16)24)23(31)26-14(10-28)7-13-5-6-25-22(13)30/h3-4,8,10,13-14,16,20-21H,5-7,9,11-12H2,1-2H3,(H,25,30)(H,26,31)/t13-,14-,16-,20-,21?/m0/s1. The first-order valence-electron chi connectivity index (χ1n) is 11.6. The van der Waals surface area contributed by atoms with Crippen molar-refractivity contribution in [2.45, 2.75) is 38.8 Å². The quantitative estimate of drug-likeness (QED) is 0.529. The third-order valence-corrected chi connectivity index (χ3v) is 7.70. The van der Waals surface area contributed by atoms with Crippen LogP contribution < -0.4 is 24.8 Å². The van der Waals surface area contributed by atoms with Crippen LogP contribution in [0.4, 0.5) is 0 Å². The van der Waals surface area contributed by atoms with Crippen LogP contribution in [0.2, 0.25) is 0 Å². The Balaban J connectivity index is 1.23. The predicted octanol–water partition coefficient (Wildman–Crippen LogP) is 0.487. The van der Waals surface area contributed by atoms with Gasteiger partial charge in [0.25, 0.3) is 5.91 Å². The number of fused-ring (bicyclic) bond motifs is 2. The number of ether oxygens (including phenoxy) is 3. The number of likely N-dealkylation sites (tertiary alicyclic amines) is 1. The predicted molar refractivity (Wildman–Crippen MR) is 118 cm³/mol. The zero-order valence-corrected chi connectivity index (χ0v) is 19.2. The smallest absolute Gasteiger partial charge is 0.261 e. The maximum absolute atomic E-state index is 13.3. The number of nitrogens with one attached hydrogen (secondary N) is 2. The van der Waals surface area contributed by atoms with Gasteiger partial charge in [-0.1, -0.05) is 13.8 Å². The third kappa shape index (κ3) is 3.95. The van der Waals surface area contributed by atoms with E-state index >= 15 is 0 Å². The summed E-state index contributed by atoms with van der Waals surface area (Å²) in [5, 5.41) is 5.53. The lowest BCUT2D eigenvalue weighted by atomic mass is 9.97. The minimum absolute atomic E-state index is 0.0177. The van der Waals surface area contributed by atoms with Crippen LogP contribution in [0, 0.1) is 23.2 Å². The van der Waals surface area contributed by atoms with E-state index in [-0.39, 0.29) is 60.7 Å². The molecule has 1 aliphatic carbocycles. The summed E-state index contributed by atoms with van der Waals surface area (Å²) in [6.07, 6.45) is 1.57. The van der Waals surface area contributed by atoms with Gasteiger partial charge in [-0.3, -0.25) is 14.4 Å². The van der Waals surface area contributed by atoms with E-state index in [0.29, 0.717) is 43.0 Å². The van der Waals surface area contributed by atoms with Crippen molar-refractivity contribution in [3.63, 3.8) is 0 Å². The average Bonchev–Trinajstić information content (AvgIpc) is 3.35. The number of hydrogen-bond acceptors (Lipinski definition) is 7. The molecule has 0 aromatic heterocycles. The van der Waals surface area contributed by atoms with Gasteiger partial charge in [-0.05, 0) is 42.2 Å². The summed E-state index contributed by atoms with van der Waals surface area (Å²) in [4.78, 5) is 51.4. The second-order valence-corrected chi connectivity index (χ2v) is 10.0. The van der Waals surface area contributed by atoms with Crippen LogP contribution in [0.15, 0.2) is 18.2 Å². The molecule has 1 aromatic carbocycles. The molecule has 1 saturated carbocycles. The van der Waals surface area contributed by atoms with Crippen molar-refractivity contribution in [2.75, 3.05) is 26.5 Å². The maximum Gasteiger partial charge on any atom is 0.261 e. The normalized spacial score (nSPS) is 28.6. The Hall–Kier alpha value is -3.30. The summed E-state index contributed by atoms with van der Waals surface area (Å²) in [6.45, 7) is 5.16. The van der Waals surface area contributed by atoms with Crippen LogP contribution in [-0.4, -0.2) is 67.5 Å². The van der Waals surface area contributed by atoms with Gasteiger partial charge < -0.3 is 34.5 Å². The summed E-state index contributed by atoms with van der Waals surface area (Å²) in [7, 11) is 0. The number of hydrogen-bond donors (Lipinski definition) is 2. The summed E-state index contributed by atoms with van der Waals surface area (Å²) >= 11 is 0. The van der Waals surface area contributed by atoms with Crippen LogP contribution in [0.1, 0.15) is 26.7 Å². The number of benzene rings is 1. The zero-order chi connectivity index (χ0) is 24.0. The second kappa shape index (κ2) is 8.48. The van der Waals surface area contributed by atoms with Crippen LogP contribution in [0.5, 0.6) is 17.2 Å². The van der Waals surface area contributed by atoms with Crippen molar-refractivity contribution in [2.24, 2.45) is 23.2 Å². The SMILES string of the molecule is CC1(C)[C@@H]2C(C(=O)N[C@H](C=O)C[C@@H]3CCNC3=O)N(C(=O)COc3ccc4c(c3)OCO4)C[C@@H]21. The first kappa shape index (κ1) is 22.5. The Morgan fingerprint density at radius 2 is 2.12 bits per heavy atom. The first-order chi connectivity index (χ1) is 16.3. The number of piperidine rings is 1. The Labute approximate surface area is 197 Å². The molecule has 3 amide bonds. The fraction of sp³-hybridized carbons (Fsp3) is 0.583. The molecule has 10 nitrogen and oxygen atoms in total. The maximum atomic E-state index is 13.3. The van der Waals surface area contributed by atoms with E-state index < -0.39 is 12.1 Å². The van der Waals surface area contributed by atoms with Crippen LogP contribution in [0.3, 0.4) is 0 Å². The van der Waals surface area contributed by atoms with Gasteiger partial charge in [-0.25, -0.2) is 0 Å². The highest BCUT2D eigenvalue weighted by atomic mass is 16.7. The van der Waals surface area contributed by atoms with Crippen molar-refractivity contribution in [1.82, 2.24) is 15.5 Å². The molecule has 1 aromatic rings. The van der Waals surface area contributed by atoms with Crippen molar-refractivity contribution < 1.29 is 33.4 Å². The molecule has 0 bridgehead atoms. The molecule has 2 saturated heterocycles. The number of amides is 3. The molecule has 0 spiro atoms. The number of rotatable bonds is 8. The second-order valence-electron chi connectivity index (χ2n) is 10.0. The Morgan fingerprint density at radius 3 is 2.85 bits per heavy atom. The monoisotopic (exact) mass is 471 g/mol. The average molecular weight is 472 g/mol. The molecule has 2 N–H and O–H groups in total. The van der Waals surface area contributed by atoms with Gasteiger partial charge in [-0.15, -0.1) is 0 Å². The van der Waals surface area contributed by atoms with Crippen LogP contribution in [0.25, 0.3) is 0 Å². The lowest BCUT2D eigenvalue weighted by molar-refractivity contribution is -0.142. The molecule has 5 atom stereocenters. The number of nitrogens with zero attached hydrogens (tertiary/aromatic N) is 1. The van der Waals surface area contributed by atoms with Gasteiger partial charge in [0.05, 0.1) is 6.04 Å². The van der Waals surface area contributed by atoms with Crippen LogP contribution >= 0.6 is 0 Å². The van der Waals surface area contributed by atoms with E-state index in [4.69, 9.17) is 14.2 Å². The van der Waals surface area contributed by atoms with E-state index in [1.807, 2.05) is 0 Å². The Kier molecular flexibility index (Phi) is 5.61. The largest absolute Gasteiger partial charge is 0.484 e. The van der Waals surface area contributed by atoms with Crippen molar-refractivity contribution in [1.29, 1.82) is 0 Å². The summed E-state index contributed by atoms with van der Waals surface area (Å²) in [5.74, 6) is 0.846. The van der Waals surface area contributed by atoms with Crippen LogP contribution in [-0.2, 0) is 19.2 Å². The van der Waals surface area contributed by atoms with Crippen molar-refractivity contribution in [3.8, 4) is 17.2 Å². The van der Waals surface area contributed by atoms with E-state index in [1.165, 1.54) is 0 Å².